The van der Waals surface area contributed by atoms with Gasteiger partial charge in [-0.25, -0.2) is 9.36 Å². The molecular formula is C18H21N7O2S. The second-order valence-corrected chi connectivity index (χ2v) is 8.13. The summed E-state index contributed by atoms with van der Waals surface area (Å²) in [5.74, 6) is -0.263. The Morgan fingerprint density at radius 3 is 2.68 bits per heavy atom. The van der Waals surface area contributed by atoms with Crippen LogP contribution in [0.5, 0.6) is 0 Å². The van der Waals surface area contributed by atoms with E-state index in [1.807, 2.05) is 37.3 Å². The van der Waals surface area contributed by atoms with Gasteiger partial charge in [-0.2, -0.15) is 0 Å². The summed E-state index contributed by atoms with van der Waals surface area (Å²) in [5, 5.41) is 14.7. The predicted molar refractivity (Wildman–Crippen MR) is 106 cm³/mol. The van der Waals surface area contributed by atoms with Crippen LogP contribution in [0.4, 0.5) is 5.69 Å². The number of carbonyl (C=O) groups excluding carboxylic acids is 1. The molecule has 0 bridgehead atoms. The Morgan fingerprint density at radius 1 is 1.29 bits per heavy atom. The molecule has 1 saturated carbocycles. The van der Waals surface area contributed by atoms with Gasteiger partial charge < -0.3 is 5.32 Å². The maximum atomic E-state index is 12.9. The van der Waals surface area contributed by atoms with Crippen molar-refractivity contribution in [2.45, 2.75) is 43.1 Å². The molecule has 0 spiro atoms. The van der Waals surface area contributed by atoms with Crippen molar-refractivity contribution in [3.8, 4) is 5.69 Å². The molecule has 0 saturated heterocycles. The molecule has 2 aromatic heterocycles. The third kappa shape index (κ3) is 3.35. The molecule has 3 aromatic rings. The maximum Gasteiger partial charge on any atom is 0.295 e. The minimum absolute atomic E-state index is 0.263. The summed E-state index contributed by atoms with van der Waals surface area (Å²) in [6.45, 7) is 3.59. The van der Waals surface area contributed by atoms with Crippen molar-refractivity contribution in [2.75, 3.05) is 5.32 Å². The number of aromatic nitrogens is 6. The summed E-state index contributed by atoms with van der Waals surface area (Å²) in [6, 6.07) is 9.66. The van der Waals surface area contributed by atoms with Crippen LogP contribution < -0.4 is 10.9 Å². The van der Waals surface area contributed by atoms with Crippen LogP contribution >= 0.6 is 11.8 Å². The fourth-order valence-corrected chi connectivity index (χ4v) is 3.82. The van der Waals surface area contributed by atoms with Crippen LogP contribution in [0.15, 0.2) is 40.3 Å². The highest BCUT2D eigenvalue weighted by Crippen LogP contribution is 2.37. The minimum Gasteiger partial charge on any atom is -0.319 e. The van der Waals surface area contributed by atoms with E-state index in [0.717, 1.165) is 18.5 Å². The smallest absolute Gasteiger partial charge is 0.295 e. The van der Waals surface area contributed by atoms with Crippen LogP contribution in [-0.4, -0.2) is 40.7 Å². The van der Waals surface area contributed by atoms with Gasteiger partial charge in [0, 0.05) is 7.05 Å². The third-order valence-electron chi connectivity index (χ3n) is 4.81. The van der Waals surface area contributed by atoms with Gasteiger partial charge in [0.15, 0.2) is 0 Å². The number of para-hydroxylation sites is 1. The lowest BCUT2D eigenvalue weighted by Crippen LogP contribution is -2.27. The number of nitrogens with zero attached hydrogens (tertiary/aromatic N) is 6. The molecule has 1 N–H and O–H groups in total. The molecule has 1 aliphatic rings. The lowest BCUT2D eigenvalue weighted by molar-refractivity contribution is -0.115. The molecule has 1 aliphatic carbocycles. The monoisotopic (exact) mass is 399 g/mol. The van der Waals surface area contributed by atoms with Crippen LogP contribution in [0.2, 0.25) is 0 Å². The zero-order valence-corrected chi connectivity index (χ0v) is 16.7. The molecule has 4 rings (SSSR count). The fourth-order valence-electron chi connectivity index (χ4n) is 2.96. The summed E-state index contributed by atoms with van der Waals surface area (Å²) in [4.78, 5) is 25.7. The van der Waals surface area contributed by atoms with Crippen molar-refractivity contribution in [3.05, 3.63) is 46.4 Å². The van der Waals surface area contributed by atoms with Crippen molar-refractivity contribution in [1.29, 1.82) is 0 Å². The van der Waals surface area contributed by atoms with E-state index in [-0.39, 0.29) is 17.2 Å². The Morgan fingerprint density at radius 2 is 2.00 bits per heavy atom. The number of nitrogens with one attached hydrogen (secondary N) is 1. The van der Waals surface area contributed by atoms with Gasteiger partial charge in [-0.15, -0.1) is 5.10 Å². The van der Waals surface area contributed by atoms with Gasteiger partial charge in [0.2, 0.25) is 11.1 Å². The van der Waals surface area contributed by atoms with Gasteiger partial charge in [-0.3, -0.25) is 14.3 Å². The highest BCUT2D eigenvalue weighted by molar-refractivity contribution is 8.00. The largest absolute Gasteiger partial charge is 0.319 e. The number of benzene rings is 1. The Balaban J connectivity index is 1.54. The summed E-state index contributed by atoms with van der Waals surface area (Å²) >= 11 is 1.29. The molecule has 0 aliphatic heterocycles. The van der Waals surface area contributed by atoms with Crippen molar-refractivity contribution < 1.29 is 4.79 Å². The standard InChI is InChI=1S/C18H21N7O2S/c1-11-15(17(27)25(23(11)3)14-7-5-4-6-8-14)19-16(26)12(2)28-18-20-21-22-24(18)13-9-10-13/h4-8,12-13H,9-10H2,1-3H3,(H,19,26). The van der Waals surface area contributed by atoms with Crippen molar-refractivity contribution in [2.24, 2.45) is 7.05 Å². The van der Waals surface area contributed by atoms with Crippen molar-refractivity contribution >= 4 is 23.4 Å². The highest BCUT2D eigenvalue weighted by Gasteiger charge is 2.30. The quantitative estimate of drug-likeness (QED) is 0.636. The predicted octanol–water partition coefficient (Wildman–Crippen LogP) is 1.93. The van der Waals surface area contributed by atoms with E-state index in [2.05, 4.69) is 20.8 Å². The number of hydrogen-bond acceptors (Lipinski definition) is 6. The number of anilines is 1. The number of hydrogen-bond donors (Lipinski definition) is 1. The molecule has 1 aromatic carbocycles. The summed E-state index contributed by atoms with van der Waals surface area (Å²) in [7, 11) is 1.79. The second-order valence-electron chi connectivity index (χ2n) is 6.82. The number of carbonyl (C=O) groups is 1. The Kier molecular flexibility index (Phi) is 4.80. The topological polar surface area (TPSA) is 99.6 Å². The first-order chi connectivity index (χ1) is 13.5. The number of tetrazole rings is 1. The molecule has 9 nitrogen and oxygen atoms in total. The van der Waals surface area contributed by atoms with Crippen LogP contribution in [0, 0.1) is 6.92 Å². The van der Waals surface area contributed by atoms with E-state index < -0.39 is 5.25 Å². The normalized spacial score (nSPS) is 14.8. The molecule has 1 amide bonds. The maximum absolute atomic E-state index is 12.9. The first-order valence-electron chi connectivity index (χ1n) is 9.06. The van der Waals surface area contributed by atoms with E-state index in [0.29, 0.717) is 16.9 Å². The molecule has 1 unspecified atom stereocenters. The Bertz CT molecular complexity index is 1070. The third-order valence-corrected chi connectivity index (χ3v) is 5.86. The van der Waals surface area contributed by atoms with E-state index in [1.54, 1.807) is 23.3 Å². The first kappa shape index (κ1) is 18.5. The van der Waals surface area contributed by atoms with Gasteiger partial charge in [0.1, 0.15) is 5.69 Å². The molecule has 1 atom stereocenters. The molecule has 146 valence electrons. The molecular weight excluding hydrogens is 378 g/mol. The summed E-state index contributed by atoms with van der Waals surface area (Å²) in [5.41, 5.74) is 1.44. The number of thioether (sulfide) groups is 1. The van der Waals surface area contributed by atoms with E-state index >= 15 is 0 Å². The Hall–Kier alpha value is -2.88. The summed E-state index contributed by atoms with van der Waals surface area (Å²) in [6.07, 6.45) is 2.11. The molecule has 1 fully saturated rings. The van der Waals surface area contributed by atoms with Crippen LogP contribution in [0.3, 0.4) is 0 Å². The van der Waals surface area contributed by atoms with Gasteiger partial charge in [0.25, 0.3) is 5.56 Å². The second kappa shape index (κ2) is 7.27. The summed E-state index contributed by atoms with van der Waals surface area (Å²) < 4.78 is 5.04. The van der Waals surface area contributed by atoms with Gasteiger partial charge in [-0.1, -0.05) is 30.0 Å². The highest BCUT2D eigenvalue weighted by atomic mass is 32.2. The Labute approximate surface area is 165 Å². The molecule has 0 radical (unpaired) electrons. The van der Waals surface area contributed by atoms with Gasteiger partial charge in [0.05, 0.1) is 22.7 Å². The molecule has 28 heavy (non-hydrogen) atoms. The minimum atomic E-state index is -0.451. The van der Waals surface area contributed by atoms with E-state index in [9.17, 15) is 9.59 Å². The zero-order valence-electron chi connectivity index (χ0n) is 15.9. The van der Waals surface area contributed by atoms with E-state index in [1.165, 1.54) is 16.4 Å². The average Bonchev–Trinajstić information content (AvgIpc) is 3.40. The molecule has 10 heteroatoms. The van der Waals surface area contributed by atoms with Gasteiger partial charge in [-0.05, 0) is 49.2 Å². The van der Waals surface area contributed by atoms with Crippen molar-refractivity contribution in [3.63, 3.8) is 0 Å². The SMILES string of the molecule is Cc1c(NC(=O)C(C)Sc2nnnn2C2CC2)c(=O)n(-c2ccccc2)n1C. The number of amides is 1. The number of rotatable bonds is 6. The fraction of sp³-hybridized carbons (Fsp3) is 0.389. The first-order valence-corrected chi connectivity index (χ1v) is 9.94. The lowest BCUT2D eigenvalue weighted by Gasteiger charge is -2.10. The van der Waals surface area contributed by atoms with Crippen LogP contribution in [0.1, 0.15) is 31.5 Å². The molecule has 2 heterocycles. The van der Waals surface area contributed by atoms with Crippen LogP contribution in [0.25, 0.3) is 5.69 Å². The average molecular weight is 399 g/mol. The van der Waals surface area contributed by atoms with E-state index in [4.69, 9.17) is 0 Å². The zero-order chi connectivity index (χ0) is 19.8. The van der Waals surface area contributed by atoms with Crippen LogP contribution in [-0.2, 0) is 11.8 Å². The van der Waals surface area contributed by atoms with Crippen molar-refractivity contribution in [1.82, 2.24) is 29.6 Å². The van der Waals surface area contributed by atoms with Gasteiger partial charge >= 0.3 is 0 Å². The lowest BCUT2D eigenvalue weighted by atomic mass is 10.3.